The Hall–Kier alpha value is -1.73. The molecule has 1 atom stereocenters. The van der Waals surface area contributed by atoms with Crippen molar-refractivity contribution in [1.82, 2.24) is 9.88 Å². The largest absolute Gasteiger partial charge is 0.337 e. The van der Waals surface area contributed by atoms with Gasteiger partial charge in [0, 0.05) is 19.5 Å². The number of thiazole rings is 1. The Morgan fingerprint density at radius 2 is 2.00 bits per heavy atom. The molecule has 1 aliphatic rings. The minimum Gasteiger partial charge on any atom is -0.337 e. The second-order valence-electron chi connectivity index (χ2n) is 6.48. The average Bonchev–Trinajstić information content (AvgIpc) is 3.14. The van der Waals surface area contributed by atoms with Gasteiger partial charge in [-0.25, -0.2) is 13.4 Å². The van der Waals surface area contributed by atoms with Crippen LogP contribution in [0.4, 0.5) is 0 Å². The quantitative estimate of drug-likeness (QED) is 0.802. The Bertz CT molecular complexity index is 860. The monoisotopic (exact) mass is 378 g/mol. The molecule has 0 N–H and O–H groups in total. The number of aryl methyl sites for hydroxylation is 3. The fraction of sp³-hybridized carbons (Fsp3) is 0.444. The lowest BCUT2D eigenvalue weighted by Gasteiger charge is -2.22. The van der Waals surface area contributed by atoms with E-state index in [-0.39, 0.29) is 23.5 Å². The fourth-order valence-electron chi connectivity index (χ4n) is 3.06. The van der Waals surface area contributed by atoms with Crippen LogP contribution in [0.2, 0.25) is 0 Å². The summed E-state index contributed by atoms with van der Waals surface area (Å²) in [6, 6.07) is 9.96. The van der Waals surface area contributed by atoms with E-state index in [1.54, 1.807) is 11.9 Å². The Labute approximate surface area is 152 Å². The second kappa shape index (κ2) is 7.25. The molecule has 2 heterocycles. The number of carbonyl (C=O) groups excluding carboxylic acids is 1. The molecule has 1 fully saturated rings. The molecule has 1 unspecified atom stereocenters. The van der Waals surface area contributed by atoms with Crippen molar-refractivity contribution in [3.8, 4) is 0 Å². The molecule has 0 saturated carbocycles. The number of nitrogens with zero attached hydrogens (tertiary/aromatic N) is 2. The van der Waals surface area contributed by atoms with Crippen LogP contribution in [0, 0.1) is 6.92 Å². The van der Waals surface area contributed by atoms with Crippen molar-refractivity contribution in [2.45, 2.75) is 32.2 Å². The van der Waals surface area contributed by atoms with Crippen molar-refractivity contribution in [1.29, 1.82) is 0 Å². The number of rotatable bonds is 5. The summed E-state index contributed by atoms with van der Waals surface area (Å²) in [6.07, 6.45) is 2.20. The number of hydrogen-bond donors (Lipinski definition) is 0. The summed E-state index contributed by atoms with van der Waals surface area (Å²) in [6.45, 7) is 1.84. The van der Waals surface area contributed by atoms with Crippen LogP contribution in [0.3, 0.4) is 0 Å². The highest BCUT2D eigenvalue weighted by molar-refractivity contribution is 7.91. The summed E-state index contributed by atoms with van der Waals surface area (Å²) in [5.74, 6) is 0.107. The van der Waals surface area contributed by atoms with E-state index in [0.29, 0.717) is 11.3 Å². The van der Waals surface area contributed by atoms with Crippen molar-refractivity contribution >= 4 is 27.1 Å². The van der Waals surface area contributed by atoms with Gasteiger partial charge >= 0.3 is 0 Å². The Morgan fingerprint density at radius 1 is 1.28 bits per heavy atom. The topological polar surface area (TPSA) is 67.3 Å². The van der Waals surface area contributed by atoms with Gasteiger partial charge in [-0.1, -0.05) is 30.3 Å². The van der Waals surface area contributed by atoms with E-state index in [4.69, 9.17) is 0 Å². The smallest absolute Gasteiger partial charge is 0.265 e. The van der Waals surface area contributed by atoms with Crippen molar-refractivity contribution in [3.63, 3.8) is 0 Å². The molecule has 0 radical (unpaired) electrons. The number of aromatic nitrogens is 1. The fourth-order valence-corrected chi connectivity index (χ4v) is 5.88. The molecule has 1 aliphatic heterocycles. The van der Waals surface area contributed by atoms with Gasteiger partial charge in [-0.05, 0) is 25.3 Å². The standard InChI is InChI=1S/C18H22N2O3S2/c1-13-17(18(21)20(2)15-10-11-25(22,23)12-15)24-16(19-13)9-8-14-6-4-3-5-7-14/h3-7,15H,8-12H2,1-2H3. The van der Waals surface area contributed by atoms with Gasteiger partial charge in [-0.2, -0.15) is 0 Å². The van der Waals surface area contributed by atoms with E-state index in [1.165, 1.54) is 16.9 Å². The number of hydrogen-bond acceptors (Lipinski definition) is 5. The van der Waals surface area contributed by atoms with E-state index >= 15 is 0 Å². The van der Waals surface area contributed by atoms with Crippen molar-refractivity contribution < 1.29 is 13.2 Å². The van der Waals surface area contributed by atoms with Crippen LogP contribution in [0.5, 0.6) is 0 Å². The molecule has 7 heteroatoms. The first-order valence-electron chi connectivity index (χ1n) is 8.33. The van der Waals surface area contributed by atoms with Crippen LogP contribution in [0.25, 0.3) is 0 Å². The highest BCUT2D eigenvalue weighted by Crippen LogP contribution is 2.24. The predicted molar refractivity (Wildman–Crippen MR) is 99.9 cm³/mol. The Kier molecular flexibility index (Phi) is 5.24. The molecular formula is C18H22N2O3S2. The molecule has 2 aromatic rings. The molecule has 0 bridgehead atoms. The molecule has 1 amide bonds. The first-order chi connectivity index (χ1) is 11.9. The maximum atomic E-state index is 12.8. The van der Waals surface area contributed by atoms with Crippen molar-refractivity contribution in [3.05, 3.63) is 51.5 Å². The second-order valence-corrected chi connectivity index (χ2v) is 9.79. The normalized spacial score (nSPS) is 19.0. The van der Waals surface area contributed by atoms with E-state index in [0.717, 1.165) is 23.5 Å². The van der Waals surface area contributed by atoms with Gasteiger partial charge in [0.1, 0.15) is 4.88 Å². The SMILES string of the molecule is Cc1nc(CCc2ccccc2)sc1C(=O)N(C)C1CCS(=O)(=O)C1. The molecule has 1 saturated heterocycles. The number of amides is 1. The third-order valence-electron chi connectivity index (χ3n) is 4.58. The van der Waals surface area contributed by atoms with Crippen molar-refractivity contribution in [2.24, 2.45) is 0 Å². The van der Waals surface area contributed by atoms with Crippen LogP contribution in [-0.2, 0) is 22.7 Å². The maximum absolute atomic E-state index is 12.8. The molecule has 3 rings (SSSR count). The zero-order valence-corrected chi connectivity index (χ0v) is 16.1. The highest BCUT2D eigenvalue weighted by atomic mass is 32.2. The zero-order chi connectivity index (χ0) is 18.0. The molecule has 0 aliphatic carbocycles. The summed E-state index contributed by atoms with van der Waals surface area (Å²) in [5.41, 5.74) is 1.97. The first-order valence-corrected chi connectivity index (χ1v) is 11.0. The van der Waals surface area contributed by atoms with E-state index in [1.807, 2.05) is 25.1 Å². The van der Waals surface area contributed by atoms with E-state index in [2.05, 4.69) is 17.1 Å². The predicted octanol–water partition coefficient (Wildman–Crippen LogP) is 2.50. The third-order valence-corrected chi connectivity index (χ3v) is 7.54. The van der Waals surface area contributed by atoms with Crippen LogP contribution >= 0.6 is 11.3 Å². The van der Waals surface area contributed by atoms with Gasteiger partial charge in [0.2, 0.25) is 0 Å². The Morgan fingerprint density at radius 3 is 2.64 bits per heavy atom. The van der Waals surface area contributed by atoms with Crippen LogP contribution in [-0.4, -0.2) is 48.8 Å². The molecule has 0 spiro atoms. The molecular weight excluding hydrogens is 356 g/mol. The third kappa shape index (κ3) is 4.27. The van der Waals surface area contributed by atoms with Gasteiger partial charge in [0.05, 0.1) is 22.2 Å². The molecule has 5 nitrogen and oxygen atoms in total. The lowest BCUT2D eigenvalue weighted by Crippen LogP contribution is -2.37. The van der Waals surface area contributed by atoms with Gasteiger partial charge in [0.25, 0.3) is 5.91 Å². The first kappa shape index (κ1) is 18.1. The van der Waals surface area contributed by atoms with Gasteiger partial charge in [-0.15, -0.1) is 11.3 Å². The van der Waals surface area contributed by atoms with Gasteiger partial charge in [0.15, 0.2) is 9.84 Å². The lowest BCUT2D eigenvalue weighted by molar-refractivity contribution is 0.0751. The van der Waals surface area contributed by atoms with E-state index < -0.39 is 9.84 Å². The summed E-state index contributed by atoms with van der Waals surface area (Å²) in [4.78, 5) is 19.5. The molecule has 1 aromatic heterocycles. The lowest BCUT2D eigenvalue weighted by atomic mass is 10.1. The van der Waals surface area contributed by atoms with Gasteiger partial charge < -0.3 is 4.90 Å². The minimum absolute atomic E-state index is 0.0634. The molecule has 1 aromatic carbocycles. The summed E-state index contributed by atoms with van der Waals surface area (Å²) in [5, 5.41) is 0.942. The summed E-state index contributed by atoms with van der Waals surface area (Å²) >= 11 is 1.42. The summed E-state index contributed by atoms with van der Waals surface area (Å²) in [7, 11) is -1.32. The van der Waals surface area contributed by atoms with Crippen LogP contribution in [0.15, 0.2) is 30.3 Å². The van der Waals surface area contributed by atoms with Crippen molar-refractivity contribution in [2.75, 3.05) is 18.6 Å². The summed E-state index contributed by atoms with van der Waals surface area (Å²) < 4.78 is 23.3. The zero-order valence-electron chi connectivity index (χ0n) is 14.4. The van der Waals surface area contributed by atoms with E-state index in [9.17, 15) is 13.2 Å². The minimum atomic E-state index is -3.01. The highest BCUT2D eigenvalue weighted by Gasteiger charge is 2.34. The molecule has 25 heavy (non-hydrogen) atoms. The number of carbonyl (C=O) groups is 1. The maximum Gasteiger partial charge on any atom is 0.265 e. The van der Waals surface area contributed by atoms with Gasteiger partial charge in [-0.3, -0.25) is 4.79 Å². The number of benzene rings is 1. The average molecular weight is 379 g/mol. The number of sulfone groups is 1. The molecule has 134 valence electrons. The Balaban J connectivity index is 1.68. The van der Waals surface area contributed by atoms with Crippen LogP contribution in [0.1, 0.15) is 32.4 Å². The van der Waals surface area contributed by atoms with Crippen LogP contribution < -0.4 is 0 Å².